The summed E-state index contributed by atoms with van der Waals surface area (Å²) in [6.07, 6.45) is 0.817. The molecule has 2 unspecified atom stereocenters. The minimum atomic E-state index is -0.914. The standard InChI is InChI=1S/C10H18O5/c1-3-8(6-7(2)9(12)13)10(14)15-5-4-11/h7-8,11H,3-6H2,1-2H3,(H,12,13). The molecule has 0 aliphatic carbocycles. The Balaban J connectivity index is 4.11. The van der Waals surface area contributed by atoms with Crippen molar-refractivity contribution in [3.05, 3.63) is 0 Å². The van der Waals surface area contributed by atoms with Crippen molar-refractivity contribution in [2.45, 2.75) is 26.7 Å². The van der Waals surface area contributed by atoms with Gasteiger partial charge in [0.15, 0.2) is 0 Å². The molecule has 0 heterocycles. The Morgan fingerprint density at radius 2 is 2.00 bits per heavy atom. The number of esters is 1. The van der Waals surface area contributed by atoms with E-state index >= 15 is 0 Å². The summed E-state index contributed by atoms with van der Waals surface area (Å²) in [7, 11) is 0. The van der Waals surface area contributed by atoms with E-state index in [2.05, 4.69) is 0 Å². The van der Waals surface area contributed by atoms with Crippen LogP contribution in [0.3, 0.4) is 0 Å². The molecule has 0 aliphatic rings. The van der Waals surface area contributed by atoms with Gasteiger partial charge in [0.1, 0.15) is 6.61 Å². The fourth-order valence-corrected chi connectivity index (χ4v) is 1.22. The zero-order chi connectivity index (χ0) is 11.8. The third-order valence-corrected chi connectivity index (χ3v) is 2.22. The van der Waals surface area contributed by atoms with E-state index in [0.717, 1.165) is 0 Å². The molecular weight excluding hydrogens is 200 g/mol. The van der Waals surface area contributed by atoms with Crippen LogP contribution < -0.4 is 0 Å². The smallest absolute Gasteiger partial charge is 0.309 e. The predicted molar refractivity (Wildman–Crippen MR) is 53.2 cm³/mol. The lowest BCUT2D eigenvalue weighted by atomic mass is 9.94. The lowest BCUT2D eigenvalue weighted by Gasteiger charge is -2.15. The quantitative estimate of drug-likeness (QED) is 0.613. The molecule has 0 aromatic carbocycles. The van der Waals surface area contributed by atoms with E-state index in [4.69, 9.17) is 14.9 Å². The van der Waals surface area contributed by atoms with Crippen molar-refractivity contribution in [2.24, 2.45) is 11.8 Å². The molecule has 0 saturated heterocycles. The van der Waals surface area contributed by atoms with Crippen LogP contribution in [0.15, 0.2) is 0 Å². The number of rotatable bonds is 7. The minimum absolute atomic E-state index is 0.0310. The Hall–Kier alpha value is -1.10. The van der Waals surface area contributed by atoms with Crippen molar-refractivity contribution >= 4 is 11.9 Å². The van der Waals surface area contributed by atoms with E-state index in [1.54, 1.807) is 13.8 Å². The Morgan fingerprint density at radius 3 is 2.40 bits per heavy atom. The molecule has 0 bridgehead atoms. The number of aliphatic carboxylic acids is 1. The van der Waals surface area contributed by atoms with Crippen LogP contribution in [-0.4, -0.2) is 35.4 Å². The first-order valence-corrected chi connectivity index (χ1v) is 5.03. The number of carboxylic acids is 1. The zero-order valence-electron chi connectivity index (χ0n) is 9.10. The maximum absolute atomic E-state index is 11.4. The minimum Gasteiger partial charge on any atom is -0.481 e. The predicted octanol–water partition coefficient (Wildman–Crippen LogP) is 0.659. The molecule has 0 radical (unpaired) electrons. The first-order chi connectivity index (χ1) is 7.02. The molecule has 0 spiro atoms. The number of carbonyl (C=O) groups is 2. The van der Waals surface area contributed by atoms with Crippen molar-refractivity contribution in [1.82, 2.24) is 0 Å². The summed E-state index contributed by atoms with van der Waals surface area (Å²) in [6, 6.07) is 0. The van der Waals surface area contributed by atoms with Gasteiger partial charge in [0.05, 0.1) is 18.4 Å². The van der Waals surface area contributed by atoms with Crippen LogP contribution in [0, 0.1) is 11.8 Å². The third-order valence-electron chi connectivity index (χ3n) is 2.22. The van der Waals surface area contributed by atoms with Gasteiger partial charge in [-0.1, -0.05) is 13.8 Å². The van der Waals surface area contributed by atoms with E-state index in [1.807, 2.05) is 0 Å². The molecule has 5 heteroatoms. The zero-order valence-corrected chi connectivity index (χ0v) is 9.10. The molecule has 0 amide bonds. The Labute approximate surface area is 89.0 Å². The van der Waals surface area contributed by atoms with Crippen LogP contribution in [0.4, 0.5) is 0 Å². The van der Waals surface area contributed by atoms with Crippen LogP contribution in [0.5, 0.6) is 0 Å². The average molecular weight is 218 g/mol. The van der Waals surface area contributed by atoms with E-state index in [9.17, 15) is 9.59 Å². The Morgan fingerprint density at radius 1 is 1.40 bits per heavy atom. The second-order valence-electron chi connectivity index (χ2n) is 3.47. The number of carbonyl (C=O) groups excluding carboxylic acids is 1. The monoisotopic (exact) mass is 218 g/mol. The van der Waals surface area contributed by atoms with Gasteiger partial charge >= 0.3 is 11.9 Å². The summed E-state index contributed by atoms with van der Waals surface area (Å²) >= 11 is 0. The topological polar surface area (TPSA) is 83.8 Å². The van der Waals surface area contributed by atoms with E-state index < -0.39 is 23.8 Å². The van der Waals surface area contributed by atoms with E-state index in [1.165, 1.54) is 0 Å². The Bertz CT molecular complexity index is 214. The molecule has 15 heavy (non-hydrogen) atoms. The van der Waals surface area contributed by atoms with Gasteiger partial charge in [0.2, 0.25) is 0 Å². The van der Waals surface area contributed by atoms with Crippen LogP contribution in [-0.2, 0) is 14.3 Å². The average Bonchev–Trinajstić information content (AvgIpc) is 2.21. The SMILES string of the molecule is CCC(CC(C)C(=O)O)C(=O)OCCO. The normalized spacial score (nSPS) is 14.3. The van der Waals surface area contributed by atoms with Crippen molar-refractivity contribution < 1.29 is 24.5 Å². The summed E-state index contributed by atoms with van der Waals surface area (Å²) in [5.41, 5.74) is 0. The highest BCUT2D eigenvalue weighted by Crippen LogP contribution is 2.17. The number of ether oxygens (including phenoxy) is 1. The first kappa shape index (κ1) is 13.9. The van der Waals surface area contributed by atoms with Gasteiger partial charge < -0.3 is 14.9 Å². The molecule has 0 rings (SSSR count). The van der Waals surface area contributed by atoms with E-state index in [0.29, 0.717) is 6.42 Å². The van der Waals surface area contributed by atoms with Crippen molar-refractivity contribution in [3.63, 3.8) is 0 Å². The van der Waals surface area contributed by atoms with Gasteiger partial charge in [0.25, 0.3) is 0 Å². The fraction of sp³-hybridized carbons (Fsp3) is 0.800. The summed E-state index contributed by atoms with van der Waals surface area (Å²) in [5, 5.41) is 17.2. The second kappa shape index (κ2) is 7.23. The number of aliphatic hydroxyl groups is 1. The number of aliphatic hydroxyl groups excluding tert-OH is 1. The molecule has 0 aliphatic heterocycles. The van der Waals surface area contributed by atoms with Crippen LogP contribution in [0.25, 0.3) is 0 Å². The molecule has 0 aromatic rings. The molecule has 5 nitrogen and oxygen atoms in total. The molecule has 2 N–H and O–H groups in total. The third kappa shape index (κ3) is 5.37. The van der Waals surface area contributed by atoms with Crippen molar-refractivity contribution in [2.75, 3.05) is 13.2 Å². The summed E-state index contributed by atoms with van der Waals surface area (Å²) in [4.78, 5) is 22.0. The molecule has 2 atom stereocenters. The van der Waals surface area contributed by atoms with Gasteiger partial charge in [-0.25, -0.2) is 0 Å². The molecular formula is C10H18O5. The van der Waals surface area contributed by atoms with Gasteiger partial charge in [-0.2, -0.15) is 0 Å². The lowest BCUT2D eigenvalue weighted by Crippen LogP contribution is -2.23. The highest BCUT2D eigenvalue weighted by molar-refractivity contribution is 5.74. The highest BCUT2D eigenvalue weighted by atomic mass is 16.5. The largest absolute Gasteiger partial charge is 0.481 e. The first-order valence-electron chi connectivity index (χ1n) is 5.03. The summed E-state index contributed by atoms with van der Waals surface area (Å²) < 4.78 is 4.74. The van der Waals surface area contributed by atoms with Crippen LogP contribution in [0.2, 0.25) is 0 Å². The van der Waals surface area contributed by atoms with Crippen molar-refractivity contribution in [1.29, 1.82) is 0 Å². The highest BCUT2D eigenvalue weighted by Gasteiger charge is 2.23. The van der Waals surface area contributed by atoms with Crippen LogP contribution >= 0.6 is 0 Å². The number of hydrogen-bond acceptors (Lipinski definition) is 4. The molecule has 0 saturated carbocycles. The van der Waals surface area contributed by atoms with Crippen molar-refractivity contribution in [3.8, 4) is 0 Å². The number of hydrogen-bond donors (Lipinski definition) is 2. The molecule has 0 fully saturated rings. The van der Waals surface area contributed by atoms with Gasteiger partial charge in [-0.15, -0.1) is 0 Å². The Kier molecular flexibility index (Phi) is 6.70. The second-order valence-corrected chi connectivity index (χ2v) is 3.47. The lowest BCUT2D eigenvalue weighted by molar-refractivity contribution is -0.151. The molecule has 0 aromatic heterocycles. The van der Waals surface area contributed by atoms with Gasteiger partial charge in [0, 0.05) is 0 Å². The van der Waals surface area contributed by atoms with Gasteiger partial charge in [-0.05, 0) is 12.8 Å². The summed E-state index contributed by atoms with van der Waals surface area (Å²) in [6.45, 7) is 3.12. The fourth-order valence-electron chi connectivity index (χ4n) is 1.22. The molecule has 88 valence electrons. The van der Waals surface area contributed by atoms with Gasteiger partial charge in [-0.3, -0.25) is 9.59 Å². The summed E-state index contributed by atoms with van der Waals surface area (Å²) in [5.74, 6) is -2.30. The maximum Gasteiger partial charge on any atom is 0.309 e. The number of carboxylic acid groups (broad SMARTS) is 1. The maximum atomic E-state index is 11.4. The van der Waals surface area contributed by atoms with Crippen LogP contribution in [0.1, 0.15) is 26.7 Å². The van der Waals surface area contributed by atoms with E-state index in [-0.39, 0.29) is 19.6 Å².